The number of carbonyl (C=O) groups is 3. The van der Waals surface area contributed by atoms with Crippen molar-refractivity contribution >= 4 is 17.3 Å². The molecule has 0 bridgehead atoms. The molecule has 2 unspecified atom stereocenters. The van der Waals surface area contributed by atoms with Gasteiger partial charge in [0.2, 0.25) is 0 Å². The van der Waals surface area contributed by atoms with Gasteiger partial charge >= 0.3 is 0 Å². The van der Waals surface area contributed by atoms with Crippen LogP contribution in [0.25, 0.3) is 0 Å². The van der Waals surface area contributed by atoms with Gasteiger partial charge in [-0.2, -0.15) is 0 Å². The number of carbonyl (C=O) groups excluding carboxylic acids is 3. The fourth-order valence-electron chi connectivity index (χ4n) is 1.68. The van der Waals surface area contributed by atoms with E-state index in [1.165, 1.54) is 6.08 Å². The van der Waals surface area contributed by atoms with E-state index in [1.807, 2.05) is 48.5 Å². The van der Waals surface area contributed by atoms with E-state index < -0.39 is 5.60 Å². The zero-order valence-corrected chi connectivity index (χ0v) is 16.0. The molecule has 0 aromatic heterocycles. The topological polar surface area (TPSA) is 76.3 Å². The number of ether oxygens (including phenoxy) is 2. The highest BCUT2D eigenvalue weighted by atomic mass is 16.6. The maximum atomic E-state index is 11.1. The lowest BCUT2D eigenvalue weighted by Gasteiger charge is -2.05. The Morgan fingerprint density at radius 2 is 1.50 bits per heavy atom. The van der Waals surface area contributed by atoms with E-state index in [0.29, 0.717) is 13.2 Å². The third-order valence-corrected chi connectivity index (χ3v) is 3.61. The first-order valence-electron chi connectivity index (χ1n) is 8.46. The van der Waals surface area contributed by atoms with Gasteiger partial charge in [0.15, 0.2) is 17.3 Å². The van der Waals surface area contributed by atoms with Crippen molar-refractivity contribution in [3.8, 4) is 0 Å². The minimum Gasteiger partial charge on any atom is -0.365 e. The Balaban J connectivity index is 0.000000334. The zero-order chi connectivity index (χ0) is 19.1. The van der Waals surface area contributed by atoms with Gasteiger partial charge in [-0.3, -0.25) is 14.4 Å². The highest BCUT2D eigenvalue weighted by molar-refractivity contribution is 5.91. The second-order valence-corrected chi connectivity index (χ2v) is 7.18. The Morgan fingerprint density at radius 3 is 1.58 bits per heavy atom. The van der Waals surface area contributed by atoms with Crippen LogP contribution in [0.4, 0.5) is 0 Å². The molecule has 5 nitrogen and oxygen atoms in total. The van der Waals surface area contributed by atoms with Crippen molar-refractivity contribution in [2.75, 3.05) is 13.2 Å². The number of ketones is 3. The van der Waals surface area contributed by atoms with Gasteiger partial charge in [-0.15, -0.1) is 0 Å². The molecule has 2 saturated heterocycles. The highest BCUT2D eigenvalue weighted by Gasteiger charge is 2.47. The van der Waals surface area contributed by atoms with Crippen LogP contribution in [0.3, 0.4) is 0 Å². The molecule has 5 heteroatoms. The molecule has 0 saturated carbocycles. The molecule has 2 atom stereocenters. The first-order valence-corrected chi connectivity index (χ1v) is 8.46. The standard InChI is InChI=1S/C7H12O2.C6H10O2.C6H10O/c1-5(2)6(8)7(3)4-9-7;1-4(2)6(7)5-3-8-5;1-4-6(7)5(2)3/h5H,4H2,1-3H3;4-5H,3H2,1-2H3;4-5H,1H2,2-3H3. The van der Waals surface area contributed by atoms with Crippen molar-refractivity contribution in [1.82, 2.24) is 0 Å². The fraction of sp³-hybridized carbons (Fsp3) is 0.737. The van der Waals surface area contributed by atoms with Crippen molar-refractivity contribution in [3.05, 3.63) is 12.7 Å². The summed E-state index contributed by atoms with van der Waals surface area (Å²) in [5.74, 6) is 0.935. The summed E-state index contributed by atoms with van der Waals surface area (Å²) in [6, 6.07) is 0. The van der Waals surface area contributed by atoms with E-state index in [2.05, 4.69) is 6.58 Å². The quantitative estimate of drug-likeness (QED) is 0.549. The monoisotopic (exact) mass is 340 g/mol. The first kappa shape index (κ1) is 22.7. The Kier molecular flexibility index (Phi) is 9.30. The predicted molar refractivity (Wildman–Crippen MR) is 93.8 cm³/mol. The molecular formula is C19H32O5. The molecule has 0 aromatic rings. The fourth-order valence-corrected chi connectivity index (χ4v) is 1.68. The number of epoxide rings is 2. The minimum atomic E-state index is -0.409. The lowest BCUT2D eigenvalue weighted by atomic mass is 9.98. The number of allylic oxidation sites excluding steroid dienone is 1. The molecule has 2 aliphatic heterocycles. The van der Waals surface area contributed by atoms with Crippen LogP contribution in [0.2, 0.25) is 0 Å². The second-order valence-electron chi connectivity index (χ2n) is 7.18. The third kappa shape index (κ3) is 8.50. The van der Waals surface area contributed by atoms with E-state index in [4.69, 9.17) is 9.47 Å². The van der Waals surface area contributed by atoms with Gasteiger partial charge in [0.25, 0.3) is 0 Å². The summed E-state index contributed by atoms with van der Waals surface area (Å²) in [6.45, 7) is 17.7. The van der Waals surface area contributed by atoms with Crippen molar-refractivity contribution in [2.24, 2.45) is 17.8 Å². The van der Waals surface area contributed by atoms with Crippen LogP contribution in [0.15, 0.2) is 12.7 Å². The third-order valence-electron chi connectivity index (χ3n) is 3.61. The Bertz CT molecular complexity index is 450. The second kappa shape index (κ2) is 9.84. The van der Waals surface area contributed by atoms with Gasteiger partial charge in [-0.05, 0) is 13.0 Å². The summed E-state index contributed by atoms with van der Waals surface area (Å²) in [5, 5.41) is 0. The summed E-state index contributed by atoms with van der Waals surface area (Å²) < 4.78 is 9.75. The molecule has 0 N–H and O–H groups in total. The summed E-state index contributed by atoms with van der Waals surface area (Å²) >= 11 is 0. The van der Waals surface area contributed by atoms with Crippen LogP contribution in [0, 0.1) is 17.8 Å². The molecule has 0 radical (unpaired) electrons. The normalized spacial score (nSPS) is 23.7. The Hall–Kier alpha value is -1.33. The Morgan fingerprint density at radius 1 is 1.04 bits per heavy atom. The van der Waals surface area contributed by atoms with Gasteiger partial charge in [0.1, 0.15) is 11.7 Å². The van der Waals surface area contributed by atoms with Crippen molar-refractivity contribution in [3.63, 3.8) is 0 Å². The molecule has 0 aliphatic carbocycles. The van der Waals surface area contributed by atoms with Crippen LogP contribution in [0.5, 0.6) is 0 Å². The Labute approximate surface area is 145 Å². The number of rotatable bonds is 6. The van der Waals surface area contributed by atoms with Crippen LogP contribution in [-0.4, -0.2) is 42.3 Å². The van der Waals surface area contributed by atoms with Gasteiger partial charge < -0.3 is 9.47 Å². The summed E-state index contributed by atoms with van der Waals surface area (Å²) in [4.78, 5) is 32.3. The van der Waals surface area contributed by atoms with Gasteiger partial charge in [-0.25, -0.2) is 0 Å². The van der Waals surface area contributed by atoms with Crippen molar-refractivity contribution in [1.29, 1.82) is 0 Å². The largest absolute Gasteiger partial charge is 0.365 e. The molecule has 2 fully saturated rings. The molecule has 24 heavy (non-hydrogen) atoms. The maximum absolute atomic E-state index is 11.1. The van der Waals surface area contributed by atoms with Gasteiger partial charge in [0.05, 0.1) is 13.2 Å². The van der Waals surface area contributed by atoms with Crippen LogP contribution >= 0.6 is 0 Å². The molecule has 138 valence electrons. The van der Waals surface area contributed by atoms with Crippen molar-refractivity contribution < 1.29 is 23.9 Å². The molecule has 0 aromatic carbocycles. The van der Waals surface area contributed by atoms with E-state index in [9.17, 15) is 14.4 Å². The number of hydrogen-bond acceptors (Lipinski definition) is 5. The van der Waals surface area contributed by atoms with E-state index in [0.717, 1.165) is 0 Å². The lowest BCUT2D eigenvalue weighted by molar-refractivity contribution is -0.126. The molecule has 0 spiro atoms. The first-order chi connectivity index (χ1) is 11.0. The highest BCUT2D eigenvalue weighted by Crippen LogP contribution is 2.29. The lowest BCUT2D eigenvalue weighted by Crippen LogP contribution is -2.25. The molecular weight excluding hydrogens is 308 g/mol. The van der Waals surface area contributed by atoms with Crippen LogP contribution in [-0.2, 0) is 23.9 Å². The van der Waals surface area contributed by atoms with Crippen molar-refractivity contribution in [2.45, 2.75) is 60.2 Å². The van der Waals surface area contributed by atoms with Crippen LogP contribution in [0.1, 0.15) is 48.5 Å². The smallest absolute Gasteiger partial charge is 0.169 e. The average Bonchev–Trinajstić information content (AvgIpc) is 3.41. The molecule has 2 heterocycles. The zero-order valence-electron chi connectivity index (χ0n) is 16.0. The van der Waals surface area contributed by atoms with E-state index in [1.54, 1.807) is 0 Å². The van der Waals surface area contributed by atoms with E-state index in [-0.39, 0.29) is 41.2 Å². The minimum absolute atomic E-state index is 0.0463. The molecule has 2 aliphatic rings. The SMILES string of the molecule is C=CC(=O)C(C)C.CC(C)C(=O)C1(C)CO1.CC(C)C(=O)C1CO1. The summed E-state index contributed by atoms with van der Waals surface area (Å²) in [6.07, 6.45) is 1.31. The molecule has 0 amide bonds. The number of Topliss-reactive ketones (excluding diaryl/α,β-unsaturated/α-hetero) is 2. The van der Waals surface area contributed by atoms with Crippen LogP contribution < -0.4 is 0 Å². The maximum Gasteiger partial charge on any atom is 0.169 e. The van der Waals surface area contributed by atoms with Gasteiger partial charge in [0, 0.05) is 17.8 Å². The molecule has 2 rings (SSSR count). The average molecular weight is 340 g/mol. The van der Waals surface area contributed by atoms with Gasteiger partial charge in [-0.1, -0.05) is 48.1 Å². The summed E-state index contributed by atoms with van der Waals surface area (Å²) in [5.41, 5.74) is -0.409. The van der Waals surface area contributed by atoms with E-state index >= 15 is 0 Å². The number of hydrogen-bond donors (Lipinski definition) is 0. The predicted octanol–water partition coefficient (Wildman–Crippen LogP) is 3.01. The summed E-state index contributed by atoms with van der Waals surface area (Å²) in [7, 11) is 0.